The summed E-state index contributed by atoms with van der Waals surface area (Å²) in [7, 11) is 0. The molecule has 0 N–H and O–H groups in total. The van der Waals surface area contributed by atoms with Gasteiger partial charge in [-0.15, -0.1) is 0 Å². The Kier molecular flexibility index (Phi) is 7.18. The van der Waals surface area contributed by atoms with Gasteiger partial charge in [-0.3, -0.25) is 0 Å². The molecule has 0 saturated heterocycles. The molecule has 1 heteroatoms. The van der Waals surface area contributed by atoms with Crippen LogP contribution in [0.25, 0.3) is 33.4 Å². The van der Waals surface area contributed by atoms with Crippen LogP contribution in [0.5, 0.6) is 0 Å². The number of hydrogen-bond acceptors (Lipinski definition) is 1. The van der Waals surface area contributed by atoms with Crippen molar-refractivity contribution < 1.29 is 0 Å². The van der Waals surface area contributed by atoms with E-state index in [0.29, 0.717) is 11.8 Å². The van der Waals surface area contributed by atoms with Crippen molar-refractivity contribution in [2.24, 2.45) is 23.7 Å². The van der Waals surface area contributed by atoms with Crippen molar-refractivity contribution in [3.8, 4) is 33.4 Å². The molecule has 4 fully saturated rings. The van der Waals surface area contributed by atoms with E-state index in [0.717, 1.165) is 11.8 Å². The molecule has 6 aromatic rings. The van der Waals surface area contributed by atoms with Crippen LogP contribution in [0.2, 0.25) is 0 Å². The van der Waals surface area contributed by atoms with E-state index in [4.69, 9.17) is 0 Å². The first-order valence-corrected chi connectivity index (χ1v) is 22.5. The molecule has 1 spiro atoms. The molecular formula is C57H57N. The standard InChI is InChI=1S/C57H57N/c1-54(2)26-27-55(3,4)50-34-48-46(33-49(50)54)45-19-13-21-51(53(45)57(48)38-29-35-28-36(31-38)32-39(57)30-35)58(40-14-8-7-9-15-40)41-24-22-37(23-25-41)42-17-12-18-44-43-16-10-11-20-47(43)56(5,6)52(42)44/h7-25,33-36,38-39H,26-32H2,1-6H3. The second-order valence-corrected chi connectivity index (χ2v) is 21.2. The van der Waals surface area contributed by atoms with Gasteiger partial charge in [-0.2, -0.15) is 0 Å². The fourth-order valence-corrected chi connectivity index (χ4v) is 14.4. The van der Waals surface area contributed by atoms with Crippen LogP contribution >= 0.6 is 0 Å². The number of benzene rings is 6. The largest absolute Gasteiger partial charge is 0.310 e. The Balaban J connectivity index is 1.06. The summed E-state index contributed by atoms with van der Waals surface area (Å²) in [5.74, 6) is 3.18. The van der Waals surface area contributed by atoms with Gasteiger partial charge in [0.25, 0.3) is 0 Å². The lowest BCUT2D eigenvalue weighted by atomic mass is 9.42. The number of fused-ring (bicyclic) bond motifs is 7. The second-order valence-electron chi connectivity index (χ2n) is 21.2. The first-order chi connectivity index (χ1) is 28.0. The van der Waals surface area contributed by atoms with Crippen LogP contribution < -0.4 is 4.90 Å². The topological polar surface area (TPSA) is 3.24 Å². The van der Waals surface area contributed by atoms with Crippen molar-refractivity contribution in [1.29, 1.82) is 0 Å². The molecule has 4 saturated carbocycles. The van der Waals surface area contributed by atoms with Crippen LogP contribution in [0, 0.1) is 23.7 Å². The van der Waals surface area contributed by atoms with Gasteiger partial charge in [-0.25, -0.2) is 0 Å². The molecule has 0 radical (unpaired) electrons. The van der Waals surface area contributed by atoms with Gasteiger partial charge < -0.3 is 4.90 Å². The van der Waals surface area contributed by atoms with Crippen LogP contribution in [-0.2, 0) is 21.7 Å². The Labute approximate surface area is 346 Å². The van der Waals surface area contributed by atoms with Crippen LogP contribution in [0.3, 0.4) is 0 Å². The quantitative estimate of drug-likeness (QED) is 0.173. The highest BCUT2D eigenvalue weighted by atomic mass is 15.1. The maximum absolute atomic E-state index is 2.80. The van der Waals surface area contributed by atoms with E-state index in [2.05, 4.69) is 174 Å². The average Bonchev–Trinajstić information content (AvgIpc) is 3.65. The van der Waals surface area contributed by atoms with E-state index < -0.39 is 0 Å². The lowest BCUT2D eigenvalue weighted by Gasteiger charge is -2.61. The van der Waals surface area contributed by atoms with Crippen LogP contribution in [-0.4, -0.2) is 0 Å². The van der Waals surface area contributed by atoms with E-state index in [1.807, 2.05) is 0 Å². The Morgan fingerprint density at radius 3 is 1.67 bits per heavy atom. The molecule has 7 aliphatic rings. The molecule has 0 atom stereocenters. The predicted octanol–water partition coefficient (Wildman–Crippen LogP) is 15.2. The Bertz CT molecular complexity index is 2630. The second kappa shape index (κ2) is 11.9. The van der Waals surface area contributed by atoms with Crippen molar-refractivity contribution in [3.63, 3.8) is 0 Å². The minimum atomic E-state index is -0.0620. The van der Waals surface area contributed by atoms with Gasteiger partial charge >= 0.3 is 0 Å². The highest BCUT2D eigenvalue weighted by Gasteiger charge is 2.63. The maximum atomic E-state index is 2.80. The highest BCUT2D eigenvalue weighted by Crippen LogP contribution is 2.72. The molecule has 6 aromatic carbocycles. The zero-order chi connectivity index (χ0) is 39.3. The molecule has 0 aliphatic heterocycles. The van der Waals surface area contributed by atoms with Gasteiger partial charge in [0.15, 0.2) is 0 Å². The fourth-order valence-electron chi connectivity index (χ4n) is 14.4. The monoisotopic (exact) mass is 755 g/mol. The van der Waals surface area contributed by atoms with Crippen LogP contribution in [0.15, 0.2) is 127 Å². The number of nitrogens with zero attached hydrogens (tertiary/aromatic N) is 1. The zero-order valence-corrected chi connectivity index (χ0v) is 35.3. The Hall–Kier alpha value is -4.88. The van der Waals surface area contributed by atoms with Crippen molar-refractivity contribution in [2.45, 2.75) is 108 Å². The molecule has 1 nitrogen and oxygen atoms in total. The van der Waals surface area contributed by atoms with Gasteiger partial charge in [0.05, 0.1) is 5.69 Å². The third-order valence-corrected chi connectivity index (χ3v) is 16.9. The molecule has 0 unspecified atom stereocenters. The van der Waals surface area contributed by atoms with Crippen molar-refractivity contribution in [2.75, 3.05) is 4.90 Å². The van der Waals surface area contributed by atoms with Gasteiger partial charge in [0.1, 0.15) is 0 Å². The summed E-state index contributed by atoms with van der Waals surface area (Å²) in [5, 5.41) is 0. The first kappa shape index (κ1) is 35.1. The third kappa shape index (κ3) is 4.60. The van der Waals surface area contributed by atoms with Crippen molar-refractivity contribution >= 4 is 17.1 Å². The van der Waals surface area contributed by atoms with Gasteiger partial charge in [0, 0.05) is 22.2 Å². The minimum absolute atomic E-state index is 0.0412. The van der Waals surface area contributed by atoms with Gasteiger partial charge in [0.2, 0.25) is 0 Å². The van der Waals surface area contributed by atoms with Crippen molar-refractivity contribution in [3.05, 3.63) is 161 Å². The molecule has 7 aliphatic carbocycles. The molecule has 13 rings (SSSR count). The molecule has 4 bridgehead atoms. The Morgan fingerprint density at radius 1 is 0.431 bits per heavy atom. The van der Waals surface area contributed by atoms with Crippen LogP contribution in [0.1, 0.15) is 120 Å². The summed E-state index contributed by atoms with van der Waals surface area (Å²) in [6.45, 7) is 14.9. The third-order valence-electron chi connectivity index (χ3n) is 16.9. The smallest absolute Gasteiger partial charge is 0.0509 e. The number of hydrogen-bond donors (Lipinski definition) is 0. The van der Waals surface area contributed by atoms with Gasteiger partial charge in [-0.05, 0) is 183 Å². The van der Waals surface area contributed by atoms with E-state index >= 15 is 0 Å². The summed E-state index contributed by atoms with van der Waals surface area (Å²) in [6.07, 6.45) is 9.49. The molecule has 0 aromatic heterocycles. The lowest BCUT2D eigenvalue weighted by Crippen LogP contribution is -2.55. The normalized spacial score (nSPS) is 26.8. The van der Waals surface area contributed by atoms with E-state index in [1.54, 1.807) is 27.8 Å². The van der Waals surface area contributed by atoms with E-state index in [1.165, 1.54) is 101 Å². The van der Waals surface area contributed by atoms with Crippen LogP contribution in [0.4, 0.5) is 17.1 Å². The zero-order valence-electron chi connectivity index (χ0n) is 35.3. The van der Waals surface area contributed by atoms with Crippen molar-refractivity contribution in [1.82, 2.24) is 0 Å². The molecule has 290 valence electrons. The summed E-state index contributed by atoms with van der Waals surface area (Å²) in [6, 6.07) is 49.7. The highest BCUT2D eigenvalue weighted by molar-refractivity contribution is 5.93. The number of anilines is 3. The summed E-state index contributed by atoms with van der Waals surface area (Å²) < 4.78 is 0. The van der Waals surface area contributed by atoms with E-state index in [-0.39, 0.29) is 21.7 Å². The minimum Gasteiger partial charge on any atom is -0.310 e. The molecular weight excluding hydrogens is 699 g/mol. The first-order valence-electron chi connectivity index (χ1n) is 22.5. The Morgan fingerprint density at radius 2 is 0.983 bits per heavy atom. The summed E-state index contributed by atoms with van der Waals surface area (Å²) in [5.41, 5.74) is 22.0. The SMILES string of the molecule is CC1(C)CCC(C)(C)c2cc3c(cc21)-c1cccc(N(c2ccccc2)c2ccc(-c4cccc5c4C(C)(C)c4ccccc4-5)cc2)c1C31C2CC3CC(C2)CC1C3. The molecule has 0 amide bonds. The van der Waals surface area contributed by atoms with E-state index in [9.17, 15) is 0 Å². The number of rotatable bonds is 4. The lowest BCUT2D eigenvalue weighted by molar-refractivity contribution is -0.0397. The maximum Gasteiger partial charge on any atom is 0.0509 e. The van der Waals surface area contributed by atoms with Gasteiger partial charge in [-0.1, -0.05) is 133 Å². The predicted molar refractivity (Wildman–Crippen MR) is 243 cm³/mol. The average molecular weight is 756 g/mol. The fraction of sp³-hybridized carbons (Fsp3) is 0.368. The molecule has 0 heterocycles. The summed E-state index contributed by atoms with van der Waals surface area (Å²) >= 11 is 0. The summed E-state index contributed by atoms with van der Waals surface area (Å²) in [4.78, 5) is 2.63. The molecule has 58 heavy (non-hydrogen) atoms. The number of para-hydroxylation sites is 1.